The molecule has 1 N–H and O–H groups in total. The van der Waals surface area contributed by atoms with Gasteiger partial charge in [0.05, 0.1) is 17.2 Å². The first-order chi connectivity index (χ1) is 10.0. The number of benzene rings is 1. The molecule has 112 valence electrons. The summed E-state index contributed by atoms with van der Waals surface area (Å²) in [6, 6.07) is 9.46. The first kappa shape index (κ1) is 15.6. The van der Waals surface area contributed by atoms with E-state index in [2.05, 4.69) is 9.71 Å². The molecule has 0 saturated heterocycles. The molecule has 0 atom stereocenters. The number of pyridine rings is 1. The molecule has 0 amide bonds. The number of nitrogens with one attached hydrogen (secondary N) is 1. The summed E-state index contributed by atoms with van der Waals surface area (Å²) >= 11 is 5.71. The average molecular weight is 327 g/mol. The van der Waals surface area contributed by atoms with E-state index in [0.29, 0.717) is 18.0 Å². The van der Waals surface area contributed by atoms with Gasteiger partial charge in [0.1, 0.15) is 10.9 Å². The number of halogens is 1. The van der Waals surface area contributed by atoms with Crippen LogP contribution in [-0.4, -0.2) is 20.0 Å². The number of ether oxygens (including phenoxy) is 1. The molecular formula is C14H15ClN2O3S. The lowest BCUT2D eigenvalue weighted by molar-refractivity contribution is 0.317. The molecule has 0 unspecified atom stereocenters. The lowest BCUT2D eigenvalue weighted by Crippen LogP contribution is -2.13. The van der Waals surface area contributed by atoms with Gasteiger partial charge >= 0.3 is 0 Å². The van der Waals surface area contributed by atoms with Crippen LogP contribution in [0.25, 0.3) is 0 Å². The van der Waals surface area contributed by atoms with Gasteiger partial charge in [-0.2, -0.15) is 0 Å². The molecule has 21 heavy (non-hydrogen) atoms. The van der Waals surface area contributed by atoms with Crippen LogP contribution in [0.1, 0.15) is 13.3 Å². The smallest absolute Gasteiger partial charge is 0.262 e. The summed E-state index contributed by atoms with van der Waals surface area (Å²) in [5, 5.41) is 0.123. The zero-order chi connectivity index (χ0) is 15.3. The third-order valence-corrected chi connectivity index (χ3v) is 4.15. The van der Waals surface area contributed by atoms with Crippen molar-refractivity contribution in [2.45, 2.75) is 18.2 Å². The van der Waals surface area contributed by atoms with Gasteiger partial charge in [-0.3, -0.25) is 4.72 Å². The third kappa shape index (κ3) is 4.34. The Morgan fingerprint density at radius 2 is 2.10 bits per heavy atom. The molecule has 1 aromatic heterocycles. The highest BCUT2D eigenvalue weighted by Gasteiger charge is 2.15. The van der Waals surface area contributed by atoms with E-state index in [1.165, 1.54) is 18.3 Å². The predicted octanol–water partition coefficient (Wildman–Crippen LogP) is 3.32. The highest BCUT2D eigenvalue weighted by atomic mass is 35.5. The van der Waals surface area contributed by atoms with E-state index >= 15 is 0 Å². The summed E-state index contributed by atoms with van der Waals surface area (Å²) in [5.41, 5.74) is 0.427. The molecule has 0 aliphatic rings. The highest BCUT2D eigenvalue weighted by molar-refractivity contribution is 7.92. The van der Waals surface area contributed by atoms with Gasteiger partial charge in [0.2, 0.25) is 0 Å². The van der Waals surface area contributed by atoms with E-state index in [1.807, 2.05) is 6.92 Å². The van der Waals surface area contributed by atoms with Gasteiger partial charge in [-0.25, -0.2) is 13.4 Å². The van der Waals surface area contributed by atoms with Crippen LogP contribution < -0.4 is 9.46 Å². The quantitative estimate of drug-likeness (QED) is 0.827. The summed E-state index contributed by atoms with van der Waals surface area (Å²) in [4.78, 5) is 3.82. The fourth-order valence-electron chi connectivity index (χ4n) is 1.64. The molecule has 7 heteroatoms. The number of hydrogen-bond donors (Lipinski definition) is 1. The van der Waals surface area contributed by atoms with Crippen molar-refractivity contribution in [1.29, 1.82) is 0 Å². The van der Waals surface area contributed by atoms with Crippen molar-refractivity contribution in [3.05, 3.63) is 47.7 Å². The number of anilines is 1. The maximum absolute atomic E-state index is 12.2. The number of nitrogens with zero attached hydrogens (tertiary/aromatic N) is 1. The van der Waals surface area contributed by atoms with Crippen molar-refractivity contribution in [1.82, 2.24) is 4.98 Å². The van der Waals surface area contributed by atoms with Crippen molar-refractivity contribution in [2.24, 2.45) is 0 Å². The molecule has 2 aromatic rings. The van der Waals surface area contributed by atoms with Crippen LogP contribution in [0, 0.1) is 0 Å². The van der Waals surface area contributed by atoms with Crippen LogP contribution in [0.15, 0.2) is 47.5 Å². The molecule has 0 bridgehead atoms. The van der Waals surface area contributed by atoms with Crippen molar-refractivity contribution in [2.75, 3.05) is 11.3 Å². The summed E-state index contributed by atoms with van der Waals surface area (Å²) in [6.45, 7) is 2.58. The highest BCUT2D eigenvalue weighted by Crippen LogP contribution is 2.21. The molecule has 0 radical (unpaired) electrons. The summed E-state index contributed by atoms with van der Waals surface area (Å²) in [6.07, 6.45) is 2.23. The zero-order valence-electron chi connectivity index (χ0n) is 11.4. The van der Waals surface area contributed by atoms with Crippen LogP contribution in [0.5, 0.6) is 5.75 Å². The van der Waals surface area contributed by atoms with Gasteiger partial charge in [0.25, 0.3) is 10.0 Å². The topological polar surface area (TPSA) is 68.3 Å². The minimum Gasteiger partial charge on any atom is -0.494 e. The maximum Gasteiger partial charge on any atom is 0.262 e. The summed E-state index contributed by atoms with van der Waals surface area (Å²) in [5.74, 6) is 0.616. The Bertz CT molecular complexity index is 720. The van der Waals surface area contributed by atoms with Crippen molar-refractivity contribution in [3.63, 3.8) is 0 Å². The fraction of sp³-hybridized carbons (Fsp3) is 0.214. The SMILES string of the molecule is CCCOc1cccc(NS(=O)(=O)c2ccnc(Cl)c2)c1. The van der Waals surface area contributed by atoms with Crippen LogP contribution in [-0.2, 0) is 10.0 Å². The molecule has 0 spiro atoms. The Labute approximate surface area is 129 Å². The molecule has 0 fully saturated rings. The van der Waals surface area contributed by atoms with Crippen LogP contribution in [0.3, 0.4) is 0 Å². The van der Waals surface area contributed by atoms with E-state index in [-0.39, 0.29) is 10.0 Å². The minimum atomic E-state index is -3.70. The predicted molar refractivity (Wildman–Crippen MR) is 82.3 cm³/mol. The third-order valence-electron chi connectivity index (χ3n) is 2.57. The Balaban J connectivity index is 2.20. The average Bonchev–Trinajstić information content (AvgIpc) is 2.45. The molecule has 0 aliphatic heterocycles. The molecular weight excluding hydrogens is 312 g/mol. The van der Waals surface area contributed by atoms with Gasteiger partial charge in [0, 0.05) is 12.3 Å². The Kier molecular flexibility index (Phi) is 5.03. The van der Waals surface area contributed by atoms with Crippen LogP contribution >= 0.6 is 11.6 Å². The van der Waals surface area contributed by atoms with Crippen molar-refractivity contribution < 1.29 is 13.2 Å². The van der Waals surface area contributed by atoms with Gasteiger partial charge in [-0.05, 0) is 30.7 Å². The first-order valence-electron chi connectivity index (χ1n) is 6.38. The van der Waals surface area contributed by atoms with Crippen molar-refractivity contribution >= 4 is 27.3 Å². The number of sulfonamides is 1. The fourth-order valence-corrected chi connectivity index (χ4v) is 2.94. The maximum atomic E-state index is 12.2. The largest absolute Gasteiger partial charge is 0.494 e. The Morgan fingerprint density at radius 1 is 1.29 bits per heavy atom. The molecule has 0 aliphatic carbocycles. The number of aromatic nitrogens is 1. The van der Waals surface area contributed by atoms with Gasteiger partial charge < -0.3 is 4.74 Å². The van der Waals surface area contributed by atoms with E-state index in [9.17, 15) is 8.42 Å². The Hall–Kier alpha value is -1.79. The van der Waals surface area contributed by atoms with E-state index in [1.54, 1.807) is 24.3 Å². The first-order valence-corrected chi connectivity index (χ1v) is 8.24. The van der Waals surface area contributed by atoms with Gasteiger partial charge in [0.15, 0.2) is 0 Å². The molecule has 2 rings (SSSR count). The second-order valence-corrected chi connectivity index (χ2v) is 6.37. The van der Waals surface area contributed by atoms with E-state index < -0.39 is 10.0 Å². The number of hydrogen-bond acceptors (Lipinski definition) is 4. The monoisotopic (exact) mass is 326 g/mol. The lowest BCUT2D eigenvalue weighted by atomic mass is 10.3. The zero-order valence-corrected chi connectivity index (χ0v) is 13.0. The van der Waals surface area contributed by atoms with Crippen molar-refractivity contribution in [3.8, 4) is 5.75 Å². The van der Waals surface area contributed by atoms with E-state index in [4.69, 9.17) is 16.3 Å². The van der Waals surface area contributed by atoms with Gasteiger partial charge in [-0.1, -0.05) is 24.6 Å². The molecule has 1 aromatic carbocycles. The second kappa shape index (κ2) is 6.78. The minimum absolute atomic E-state index is 0.0578. The second-order valence-electron chi connectivity index (χ2n) is 4.30. The summed E-state index contributed by atoms with van der Waals surface area (Å²) < 4.78 is 32.4. The standard InChI is InChI=1S/C14H15ClN2O3S/c1-2-8-20-12-5-3-4-11(9-12)17-21(18,19)13-6-7-16-14(15)10-13/h3-7,9-10,17H,2,8H2,1H3. The summed E-state index contributed by atoms with van der Waals surface area (Å²) in [7, 11) is -3.70. The Morgan fingerprint density at radius 3 is 2.81 bits per heavy atom. The lowest BCUT2D eigenvalue weighted by Gasteiger charge is -2.10. The molecule has 0 saturated carbocycles. The molecule has 5 nitrogen and oxygen atoms in total. The van der Waals surface area contributed by atoms with E-state index in [0.717, 1.165) is 6.42 Å². The van der Waals surface area contributed by atoms with Crippen LogP contribution in [0.2, 0.25) is 5.15 Å². The van der Waals surface area contributed by atoms with Crippen LogP contribution in [0.4, 0.5) is 5.69 Å². The normalized spacial score (nSPS) is 11.1. The van der Waals surface area contributed by atoms with Gasteiger partial charge in [-0.15, -0.1) is 0 Å². The molecule has 1 heterocycles. The number of rotatable bonds is 6.